The number of rotatable bonds is 4. The largest absolute Gasteiger partial charge is 0.534 e. The van der Waals surface area contributed by atoms with Gasteiger partial charge in [-0.1, -0.05) is 30.3 Å². The summed E-state index contributed by atoms with van der Waals surface area (Å²) < 4.78 is 64.2. The van der Waals surface area contributed by atoms with E-state index in [0.717, 1.165) is 30.4 Å². The van der Waals surface area contributed by atoms with Crippen LogP contribution in [-0.4, -0.2) is 19.8 Å². The van der Waals surface area contributed by atoms with Crippen LogP contribution in [0, 0.1) is 5.92 Å². The summed E-state index contributed by atoms with van der Waals surface area (Å²) in [4.78, 5) is 12.9. The zero-order valence-corrected chi connectivity index (χ0v) is 17.4. The Kier molecular flexibility index (Phi) is 5.72. The average molecular weight is 453 g/mol. The molecule has 0 fully saturated rings. The average Bonchev–Trinajstić information content (AvgIpc) is 2.72. The normalized spacial score (nSPS) is 21.0. The highest BCUT2D eigenvalue weighted by molar-refractivity contribution is 7.88. The van der Waals surface area contributed by atoms with Crippen LogP contribution in [0.2, 0.25) is 0 Å². The van der Waals surface area contributed by atoms with E-state index in [4.69, 9.17) is 0 Å². The molecule has 1 N–H and O–H groups in total. The molecule has 0 spiro atoms. The van der Waals surface area contributed by atoms with Crippen molar-refractivity contribution in [3.63, 3.8) is 0 Å². The lowest BCUT2D eigenvalue weighted by molar-refractivity contribution is -0.126. The highest BCUT2D eigenvalue weighted by atomic mass is 32.2. The van der Waals surface area contributed by atoms with Crippen molar-refractivity contribution in [2.24, 2.45) is 5.92 Å². The van der Waals surface area contributed by atoms with Crippen molar-refractivity contribution in [2.45, 2.75) is 50.1 Å². The van der Waals surface area contributed by atoms with E-state index >= 15 is 0 Å². The summed E-state index contributed by atoms with van der Waals surface area (Å²) in [5, 5.41) is 3.17. The van der Waals surface area contributed by atoms with Crippen molar-refractivity contribution >= 4 is 16.0 Å². The second kappa shape index (κ2) is 8.18. The number of halogens is 3. The molecule has 9 heteroatoms. The zero-order chi connectivity index (χ0) is 22.2. The molecule has 0 bridgehead atoms. The van der Waals surface area contributed by atoms with Crippen LogP contribution in [0.25, 0.3) is 0 Å². The summed E-state index contributed by atoms with van der Waals surface area (Å²) in [5.41, 5.74) is -1.56. The minimum absolute atomic E-state index is 0.0119. The third kappa shape index (κ3) is 4.56. The smallest absolute Gasteiger partial charge is 0.376 e. The standard InChI is InChI=1S/C22H22F3NO4S/c23-22(24,25)31(28,29)30-18-11-10-15-12-17(9-8-16(15)13-18)21(27)26-20-7-3-5-14-4-1-2-6-19(14)20/h1-2,4,6,10-11,13,17,20H,3,5,7-9,12H2,(H,26,27)/t17-,20+/m0/s1. The summed E-state index contributed by atoms with van der Waals surface area (Å²) >= 11 is 0. The number of nitrogens with one attached hydrogen (secondary N) is 1. The fourth-order valence-corrected chi connectivity index (χ4v) is 4.83. The van der Waals surface area contributed by atoms with E-state index in [1.807, 2.05) is 18.2 Å². The Morgan fingerprint density at radius 1 is 1.00 bits per heavy atom. The molecule has 166 valence electrons. The van der Waals surface area contributed by atoms with E-state index in [0.29, 0.717) is 24.8 Å². The molecule has 2 aromatic rings. The predicted octanol–water partition coefficient (Wildman–Crippen LogP) is 4.21. The third-order valence-electron chi connectivity index (χ3n) is 5.95. The molecule has 0 aliphatic heterocycles. The molecule has 0 unspecified atom stereocenters. The molecule has 0 aromatic heterocycles. The zero-order valence-electron chi connectivity index (χ0n) is 16.6. The van der Waals surface area contributed by atoms with Gasteiger partial charge >= 0.3 is 15.6 Å². The van der Waals surface area contributed by atoms with Gasteiger partial charge in [0.15, 0.2) is 0 Å². The Hall–Kier alpha value is -2.55. The van der Waals surface area contributed by atoms with Gasteiger partial charge in [0, 0.05) is 5.92 Å². The highest BCUT2D eigenvalue weighted by Crippen LogP contribution is 2.33. The number of amides is 1. The summed E-state index contributed by atoms with van der Waals surface area (Å²) in [5.74, 6) is -0.655. The van der Waals surface area contributed by atoms with E-state index in [-0.39, 0.29) is 23.6 Å². The van der Waals surface area contributed by atoms with Crippen molar-refractivity contribution < 1.29 is 30.6 Å². The molecule has 1 amide bonds. The molecule has 2 aromatic carbocycles. The van der Waals surface area contributed by atoms with Crippen molar-refractivity contribution in [3.05, 3.63) is 64.7 Å². The van der Waals surface area contributed by atoms with Crippen LogP contribution < -0.4 is 9.50 Å². The SMILES string of the molecule is O=C(N[C@@H]1CCCc2ccccc21)[C@H]1CCc2cc(OS(=O)(=O)C(F)(F)F)ccc2C1. The van der Waals surface area contributed by atoms with Crippen LogP contribution >= 0.6 is 0 Å². The van der Waals surface area contributed by atoms with Gasteiger partial charge in [0.05, 0.1) is 6.04 Å². The second-order valence-electron chi connectivity index (χ2n) is 8.01. The van der Waals surface area contributed by atoms with Crippen molar-refractivity contribution in [2.75, 3.05) is 0 Å². The number of hydrogen-bond acceptors (Lipinski definition) is 4. The van der Waals surface area contributed by atoms with Crippen LogP contribution in [0.1, 0.15) is 47.6 Å². The first-order valence-electron chi connectivity index (χ1n) is 10.1. The number of aryl methyl sites for hydroxylation is 2. The summed E-state index contributed by atoms with van der Waals surface area (Å²) in [7, 11) is -5.71. The molecule has 0 radical (unpaired) electrons. The molecule has 5 nitrogen and oxygen atoms in total. The molecular weight excluding hydrogens is 431 g/mol. The fraction of sp³-hybridized carbons (Fsp3) is 0.409. The maximum absolute atomic E-state index is 12.9. The van der Waals surface area contributed by atoms with Gasteiger partial charge in [-0.25, -0.2) is 0 Å². The molecule has 2 aliphatic carbocycles. The first kappa shape index (κ1) is 21.7. The molecule has 0 saturated carbocycles. The van der Waals surface area contributed by atoms with E-state index in [2.05, 4.69) is 15.6 Å². The summed E-state index contributed by atoms with van der Waals surface area (Å²) in [6, 6.07) is 12.1. The second-order valence-corrected chi connectivity index (χ2v) is 9.54. The number of fused-ring (bicyclic) bond motifs is 2. The lowest BCUT2D eigenvalue weighted by Gasteiger charge is -2.30. The van der Waals surface area contributed by atoms with E-state index in [1.54, 1.807) is 0 Å². The van der Waals surface area contributed by atoms with E-state index < -0.39 is 15.6 Å². The Labute approximate surface area is 178 Å². The minimum Gasteiger partial charge on any atom is -0.376 e. The molecule has 2 aliphatic rings. The van der Waals surface area contributed by atoms with Gasteiger partial charge in [-0.05, 0) is 72.9 Å². The van der Waals surface area contributed by atoms with Crippen LogP contribution in [0.15, 0.2) is 42.5 Å². The Bertz CT molecular complexity index is 1100. The number of carbonyl (C=O) groups is 1. The lowest BCUT2D eigenvalue weighted by Crippen LogP contribution is -2.37. The molecule has 0 saturated heterocycles. The Morgan fingerprint density at radius 2 is 1.77 bits per heavy atom. The van der Waals surface area contributed by atoms with Gasteiger partial charge in [0.25, 0.3) is 0 Å². The Balaban J connectivity index is 1.43. The van der Waals surface area contributed by atoms with Crippen molar-refractivity contribution in [1.82, 2.24) is 5.32 Å². The molecule has 2 atom stereocenters. The quantitative estimate of drug-likeness (QED) is 0.556. The maximum Gasteiger partial charge on any atom is 0.534 e. The Morgan fingerprint density at radius 3 is 2.55 bits per heavy atom. The molecular formula is C22H22F3NO4S. The van der Waals surface area contributed by atoms with Gasteiger partial charge < -0.3 is 9.50 Å². The third-order valence-corrected chi connectivity index (χ3v) is 6.93. The first-order valence-corrected chi connectivity index (χ1v) is 11.6. The monoisotopic (exact) mass is 453 g/mol. The van der Waals surface area contributed by atoms with Crippen molar-refractivity contribution in [1.29, 1.82) is 0 Å². The van der Waals surface area contributed by atoms with Gasteiger partial charge in [-0.15, -0.1) is 0 Å². The van der Waals surface area contributed by atoms with Crippen molar-refractivity contribution in [3.8, 4) is 5.75 Å². The van der Waals surface area contributed by atoms with Gasteiger partial charge in [0.1, 0.15) is 5.75 Å². The number of hydrogen-bond donors (Lipinski definition) is 1. The van der Waals surface area contributed by atoms with Crippen LogP contribution in [0.5, 0.6) is 5.75 Å². The maximum atomic E-state index is 12.9. The van der Waals surface area contributed by atoms with Gasteiger partial charge in [0.2, 0.25) is 5.91 Å². The summed E-state index contributed by atoms with van der Waals surface area (Å²) in [6.45, 7) is 0. The van der Waals surface area contributed by atoms with E-state index in [1.165, 1.54) is 23.8 Å². The summed E-state index contributed by atoms with van der Waals surface area (Å²) in [6.07, 6.45) is 4.34. The van der Waals surface area contributed by atoms with E-state index in [9.17, 15) is 26.4 Å². The minimum atomic E-state index is -5.71. The number of alkyl halides is 3. The lowest BCUT2D eigenvalue weighted by atomic mass is 9.82. The number of benzene rings is 2. The molecule has 4 rings (SSSR count). The van der Waals surface area contributed by atoms with Crippen LogP contribution in [0.3, 0.4) is 0 Å². The van der Waals surface area contributed by atoms with Gasteiger partial charge in [-0.3, -0.25) is 4.79 Å². The van der Waals surface area contributed by atoms with Gasteiger partial charge in [-0.2, -0.15) is 21.6 Å². The van der Waals surface area contributed by atoms with Crippen LogP contribution in [-0.2, 0) is 34.2 Å². The number of carbonyl (C=O) groups excluding carboxylic acids is 1. The molecule has 31 heavy (non-hydrogen) atoms. The first-order chi connectivity index (χ1) is 14.6. The topological polar surface area (TPSA) is 72.5 Å². The van der Waals surface area contributed by atoms with Crippen LogP contribution in [0.4, 0.5) is 13.2 Å². The fourth-order valence-electron chi connectivity index (χ4n) is 4.37. The highest BCUT2D eigenvalue weighted by Gasteiger charge is 2.48. The predicted molar refractivity (Wildman–Crippen MR) is 108 cm³/mol. The molecule has 0 heterocycles.